The molecule has 20 heavy (non-hydrogen) atoms. The number of unbranched alkanes of at least 4 members (excludes halogenated alkanes) is 2. The van der Waals surface area contributed by atoms with Crippen molar-refractivity contribution in [1.82, 2.24) is 0 Å². The maximum absolute atomic E-state index is 3.69. The third kappa shape index (κ3) is 6.45. The lowest BCUT2D eigenvalue weighted by molar-refractivity contribution is 0.462. The van der Waals surface area contributed by atoms with E-state index < -0.39 is 0 Å². The summed E-state index contributed by atoms with van der Waals surface area (Å²) in [7, 11) is 0. The highest BCUT2D eigenvalue weighted by Crippen LogP contribution is 2.18. The fourth-order valence-electron chi connectivity index (χ4n) is 2.56. The van der Waals surface area contributed by atoms with Crippen LogP contribution >= 0.6 is 0 Å². The van der Waals surface area contributed by atoms with Gasteiger partial charge >= 0.3 is 0 Å². The van der Waals surface area contributed by atoms with Gasteiger partial charge in [-0.1, -0.05) is 59.1 Å². The summed E-state index contributed by atoms with van der Waals surface area (Å²) in [6.07, 6.45) is 8.91. The van der Waals surface area contributed by atoms with Crippen LogP contribution in [0.4, 0.5) is 5.69 Å². The van der Waals surface area contributed by atoms with Crippen LogP contribution in [0.25, 0.3) is 0 Å². The van der Waals surface area contributed by atoms with Crippen molar-refractivity contribution in [2.24, 2.45) is 5.92 Å². The Balaban J connectivity index is 2.46. The summed E-state index contributed by atoms with van der Waals surface area (Å²) < 4.78 is 0. The predicted molar refractivity (Wildman–Crippen MR) is 91.4 cm³/mol. The molecule has 0 aliphatic rings. The van der Waals surface area contributed by atoms with Gasteiger partial charge in [-0.25, -0.2) is 0 Å². The first-order valence-electron chi connectivity index (χ1n) is 8.55. The van der Waals surface area contributed by atoms with Crippen molar-refractivity contribution in [1.29, 1.82) is 0 Å². The lowest BCUT2D eigenvalue weighted by Gasteiger charge is -2.21. The van der Waals surface area contributed by atoms with E-state index in [1.165, 1.54) is 56.2 Å². The Kier molecular flexibility index (Phi) is 8.41. The average molecular weight is 275 g/mol. The van der Waals surface area contributed by atoms with Crippen molar-refractivity contribution in [3.05, 3.63) is 29.8 Å². The second kappa shape index (κ2) is 9.85. The van der Waals surface area contributed by atoms with Gasteiger partial charge in [0.15, 0.2) is 0 Å². The Bertz CT molecular complexity index is 341. The number of nitrogens with one attached hydrogen (secondary N) is 1. The molecule has 2 unspecified atom stereocenters. The number of benzene rings is 1. The molecule has 0 bridgehead atoms. The standard InChI is InChI=1S/C19H33N/c1-5-8-9-10-17-11-13-19(14-12-17)20-18(7-3)15-16(4)6-2/h11-14,16,18,20H,5-10,15H2,1-4H3. The van der Waals surface area contributed by atoms with Gasteiger partial charge in [0.25, 0.3) is 0 Å². The molecule has 1 aromatic carbocycles. The Morgan fingerprint density at radius 2 is 1.65 bits per heavy atom. The Labute approximate surface area is 126 Å². The van der Waals surface area contributed by atoms with Gasteiger partial charge in [-0.15, -0.1) is 0 Å². The van der Waals surface area contributed by atoms with Gasteiger partial charge in [-0.2, -0.15) is 0 Å². The molecule has 0 aliphatic carbocycles. The van der Waals surface area contributed by atoms with Gasteiger partial charge in [-0.05, 0) is 49.3 Å². The van der Waals surface area contributed by atoms with Crippen molar-refractivity contribution in [2.45, 2.75) is 78.7 Å². The molecule has 114 valence electrons. The summed E-state index contributed by atoms with van der Waals surface area (Å²) in [6, 6.07) is 9.68. The summed E-state index contributed by atoms with van der Waals surface area (Å²) in [5.74, 6) is 0.806. The molecule has 1 rings (SSSR count). The third-order valence-corrected chi connectivity index (χ3v) is 4.27. The molecule has 1 N–H and O–H groups in total. The van der Waals surface area contributed by atoms with Crippen molar-refractivity contribution in [3.8, 4) is 0 Å². The van der Waals surface area contributed by atoms with Gasteiger partial charge < -0.3 is 5.32 Å². The minimum atomic E-state index is 0.607. The SMILES string of the molecule is CCCCCc1ccc(NC(CC)CC(C)CC)cc1. The normalized spacial score (nSPS) is 14.0. The zero-order valence-electron chi connectivity index (χ0n) is 13.9. The zero-order chi connectivity index (χ0) is 14.8. The minimum Gasteiger partial charge on any atom is -0.382 e. The maximum Gasteiger partial charge on any atom is 0.0342 e. The molecule has 1 aromatic rings. The van der Waals surface area contributed by atoms with Crippen molar-refractivity contribution in [3.63, 3.8) is 0 Å². The first-order chi connectivity index (χ1) is 9.69. The molecule has 0 amide bonds. The van der Waals surface area contributed by atoms with E-state index in [1.54, 1.807) is 0 Å². The van der Waals surface area contributed by atoms with E-state index in [9.17, 15) is 0 Å². The van der Waals surface area contributed by atoms with E-state index in [4.69, 9.17) is 0 Å². The van der Waals surface area contributed by atoms with Crippen LogP contribution in [-0.4, -0.2) is 6.04 Å². The van der Waals surface area contributed by atoms with E-state index in [-0.39, 0.29) is 0 Å². The number of rotatable bonds is 10. The molecule has 0 saturated carbocycles. The fraction of sp³-hybridized carbons (Fsp3) is 0.684. The van der Waals surface area contributed by atoms with Gasteiger partial charge in [0.1, 0.15) is 0 Å². The van der Waals surface area contributed by atoms with Crippen LogP contribution in [0.1, 0.15) is 71.8 Å². The Morgan fingerprint density at radius 1 is 0.950 bits per heavy atom. The van der Waals surface area contributed by atoms with E-state index in [1.807, 2.05) is 0 Å². The Hall–Kier alpha value is -0.980. The molecule has 1 nitrogen and oxygen atoms in total. The third-order valence-electron chi connectivity index (χ3n) is 4.27. The van der Waals surface area contributed by atoms with Crippen LogP contribution in [0.15, 0.2) is 24.3 Å². The first-order valence-corrected chi connectivity index (χ1v) is 8.55. The topological polar surface area (TPSA) is 12.0 Å². The Morgan fingerprint density at radius 3 is 2.20 bits per heavy atom. The van der Waals surface area contributed by atoms with E-state index >= 15 is 0 Å². The summed E-state index contributed by atoms with van der Waals surface area (Å²) >= 11 is 0. The van der Waals surface area contributed by atoms with Crippen molar-refractivity contribution < 1.29 is 0 Å². The molecule has 0 saturated heterocycles. The van der Waals surface area contributed by atoms with Crippen LogP contribution in [-0.2, 0) is 6.42 Å². The molecule has 0 aliphatic heterocycles. The lowest BCUT2D eigenvalue weighted by Crippen LogP contribution is -2.21. The van der Waals surface area contributed by atoms with Crippen LogP contribution in [0, 0.1) is 5.92 Å². The van der Waals surface area contributed by atoms with Crippen molar-refractivity contribution >= 4 is 5.69 Å². The van der Waals surface area contributed by atoms with E-state index in [0.717, 1.165) is 5.92 Å². The second-order valence-corrected chi connectivity index (χ2v) is 6.15. The summed E-state index contributed by atoms with van der Waals surface area (Å²) in [6.45, 7) is 9.16. The first kappa shape index (κ1) is 17.1. The van der Waals surface area contributed by atoms with Crippen molar-refractivity contribution in [2.75, 3.05) is 5.32 Å². The molecular formula is C19H33N. The number of hydrogen-bond acceptors (Lipinski definition) is 1. The summed E-state index contributed by atoms with van der Waals surface area (Å²) in [5, 5.41) is 3.69. The smallest absolute Gasteiger partial charge is 0.0342 e. The minimum absolute atomic E-state index is 0.607. The van der Waals surface area contributed by atoms with Gasteiger partial charge in [-0.3, -0.25) is 0 Å². The van der Waals surface area contributed by atoms with E-state index in [0.29, 0.717) is 6.04 Å². The van der Waals surface area contributed by atoms with Gasteiger partial charge in [0.2, 0.25) is 0 Å². The lowest BCUT2D eigenvalue weighted by atomic mass is 9.97. The van der Waals surface area contributed by atoms with Gasteiger partial charge in [0.05, 0.1) is 0 Å². The summed E-state index contributed by atoms with van der Waals surface area (Å²) in [4.78, 5) is 0. The maximum atomic E-state index is 3.69. The van der Waals surface area contributed by atoms with Crippen LogP contribution < -0.4 is 5.32 Å². The highest BCUT2D eigenvalue weighted by Gasteiger charge is 2.10. The molecule has 1 heteroatoms. The average Bonchev–Trinajstić information content (AvgIpc) is 2.48. The molecular weight excluding hydrogens is 242 g/mol. The largest absolute Gasteiger partial charge is 0.382 e. The molecule has 2 atom stereocenters. The number of aryl methyl sites for hydroxylation is 1. The monoisotopic (exact) mass is 275 g/mol. The highest BCUT2D eigenvalue weighted by atomic mass is 14.9. The molecule has 0 aromatic heterocycles. The second-order valence-electron chi connectivity index (χ2n) is 6.15. The number of anilines is 1. The predicted octanol–water partition coefficient (Wildman–Crippen LogP) is 6.05. The highest BCUT2D eigenvalue weighted by molar-refractivity contribution is 5.45. The van der Waals surface area contributed by atoms with Crippen LogP contribution in [0.3, 0.4) is 0 Å². The van der Waals surface area contributed by atoms with Gasteiger partial charge in [0, 0.05) is 11.7 Å². The van der Waals surface area contributed by atoms with Crippen LogP contribution in [0.2, 0.25) is 0 Å². The van der Waals surface area contributed by atoms with E-state index in [2.05, 4.69) is 57.3 Å². The quantitative estimate of drug-likeness (QED) is 0.513. The molecule has 0 radical (unpaired) electrons. The molecule has 0 fully saturated rings. The van der Waals surface area contributed by atoms with Crippen LogP contribution in [0.5, 0.6) is 0 Å². The molecule has 0 spiro atoms. The zero-order valence-corrected chi connectivity index (χ0v) is 13.9. The number of hydrogen-bond donors (Lipinski definition) is 1. The summed E-state index contributed by atoms with van der Waals surface area (Å²) in [5.41, 5.74) is 2.75. The fourth-order valence-corrected chi connectivity index (χ4v) is 2.56. The molecule has 0 heterocycles.